The highest BCUT2D eigenvalue weighted by Crippen LogP contribution is 2.41. The number of carbonyl (C=O) groups is 1. The summed E-state index contributed by atoms with van der Waals surface area (Å²) in [5.74, 6) is -1.25. The van der Waals surface area contributed by atoms with E-state index in [9.17, 15) is 18.0 Å². The Labute approximate surface area is 147 Å². The van der Waals surface area contributed by atoms with Crippen molar-refractivity contribution in [2.24, 2.45) is 5.92 Å². The van der Waals surface area contributed by atoms with Gasteiger partial charge in [-0.3, -0.25) is 9.69 Å². The molecule has 25 heavy (non-hydrogen) atoms. The Morgan fingerprint density at radius 2 is 1.84 bits per heavy atom. The number of hydrogen-bond donors (Lipinski definition) is 1. The molecule has 1 N–H and O–H groups in total. The second-order valence-electron chi connectivity index (χ2n) is 6.15. The summed E-state index contributed by atoms with van der Waals surface area (Å²) in [5.41, 5.74) is -0.403. The summed E-state index contributed by atoms with van der Waals surface area (Å²) in [6.07, 6.45) is -3.53. The molecule has 0 amide bonds. The molecule has 2 heterocycles. The Morgan fingerprint density at radius 3 is 2.40 bits per heavy atom. The van der Waals surface area contributed by atoms with Crippen LogP contribution >= 0.6 is 11.3 Å². The highest BCUT2D eigenvalue weighted by molar-refractivity contribution is 7.10. The van der Waals surface area contributed by atoms with Crippen molar-refractivity contribution < 1.29 is 23.1 Å². The van der Waals surface area contributed by atoms with Crippen molar-refractivity contribution in [3.05, 3.63) is 57.8 Å². The predicted octanol–water partition coefficient (Wildman–Crippen LogP) is 4.65. The maximum atomic E-state index is 13.5. The van der Waals surface area contributed by atoms with Crippen LogP contribution in [0.15, 0.2) is 41.8 Å². The Bertz CT molecular complexity index is 722. The molecule has 0 spiro atoms. The highest BCUT2D eigenvalue weighted by Gasteiger charge is 2.38. The van der Waals surface area contributed by atoms with Crippen LogP contribution in [0.5, 0.6) is 0 Å². The summed E-state index contributed by atoms with van der Waals surface area (Å²) in [6.45, 7) is 0.928. The summed E-state index contributed by atoms with van der Waals surface area (Å²) in [7, 11) is 0. The van der Waals surface area contributed by atoms with E-state index in [-0.39, 0.29) is 5.56 Å². The maximum absolute atomic E-state index is 13.5. The molecule has 134 valence electrons. The molecule has 7 heteroatoms. The van der Waals surface area contributed by atoms with Crippen molar-refractivity contribution >= 4 is 17.3 Å². The normalized spacial score (nSPS) is 18.2. The number of rotatable bonds is 4. The van der Waals surface area contributed by atoms with Crippen molar-refractivity contribution in [3.8, 4) is 0 Å². The first-order valence-corrected chi connectivity index (χ1v) is 8.92. The van der Waals surface area contributed by atoms with Gasteiger partial charge in [0.25, 0.3) is 0 Å². The van der Waals surface area contributed by atoms with Crippen molar-refractivity contribution in [2.75, 3.05) is 13.1 Å². The van der Waals surface area contributed by atoms with Gasteiger partial charge in [-0.25, -0.2) is 0 Å². The van der Waals surface area contributed by atoms with Gasteiger partial charge in [0.05, 0.1) is 17.5 Å². The van der Waals surface area contributed by atoms with Crippen LogP contribution in [-0.4, -0.2) is 29.1 Å². The largest absolute Gasteiger partial charge is 0.481 e. The number of thiophene rings is 1. The van der Waals surface area contributed by atoms with Crippen LogP contribution in [0.25, 0.3) is 0 Å². The lowest BCUT2D eigenvalue weighted by Crippen LogP contribution is -2.39. The molecule has 0 radical (unpaired) electrons. The number of benzene rings is 1. The van der Waals surface area contributed by atoms with Gasteiger partial charge in [-0.05, 0) is 49.0 Å². The summed E-state index contributed by atoms with van der Waals surface area (Å²) in [6, 6.07) is 8.81. The number of likely N-dealkylation sites (tertiary alicyclic amines) is 1. The number of alkyl halides is 3. The molecule has 1 fully saturated rings. The van der Waals surface area contributed by atoms with E-state index < -0.39 is 29.7 Å². The lowest BCUT2D eigenvalue weighted by atomic mass is 9.92. The molecule has 0 bridgehead atoms. The lowest BCUT2D eigenvalue weighted by Gasteiger charge is -2.37. The van der Waals surface area contributed by atoms with E-state index in [2.05, 4.69) is 0 Å². The van der Waals surface area contributed by atoms with Gasteiger partial charge in [0, 0.05) is 4.88 Å². The Kier molecular flexibility index (Phi) is 5.15. The zero-order chi connectivity index (χ0) is 18.0. The van der Waals surface area contributed by atoms with Gasteiger partial charge in [-0.2, -0.15) is 13.2 Å². The first-order valence-electron chi connectivity index (χ1n) is 8.04. The van der Waals surface area contributed by atoms with E-state index in [4.69, 9.17) is 5.11 Å². The van der Waals surface area contributed by atoms with Crippen molar-refractivity contribution in [3.63, 3.8) is 0 Å². The molecule has 0 aliphatic carbocycles. The van der Waals surface area contributed by atoms with Gasteiger partial charge in [0.2, 0.25) is 0 Å². The summed E-state index contributed by atoms with van der Waals surface area (Å²) < 4.78 is 40.5. The van der Waals surface area contributed by atoms with E-state index in [0.29, 0.717) is 25.9 Å². The van der Waals surface area contributed by atoms with Gasteiger partial charge in [0.15, 0.2) is 0 Å². The van der Waals surface area contributed by atoms with Gasteiger partial charge in [0.1, 0.15) is 0 Å². The molecule has 1 aliphatic heterocycles. The molecule has 1 aromatic carbocycles. The average molecular weight is 369 g/mol. The number of piperidine rings is 1. The summed E-state index contributed by atoms with van der Waals surface area (Å²) in [5, 5.41) is 11.0. The van der Waals surface area contributed by atoms with Crippen LogP contribution in [-0.2, 0) is 11.0 Å². The number of carboxylic acids is 1. The molecule has 3 nitrogen and oxygen atoms in total. The second-order valence-corrected chi connectivity index (χ2v) is 7.13. The first-order chi connectivity index (χ1) is 11.9. The minimum Gasteiger partial charge on any atom is -0.481 e. The average Bonchev–Trinajstić information content (AvgIpc) is 3.09. The van der Waals surface area contributed by atoms with E-state index in [1.807, 2.05) is 22.4 Å². The SMILES string of the molecule is O=C(O)C1CCN(C(c2cccs2)c2ccccc2C(F)(F)F)CC1. The second kappa shape index (κ2) is 7.17. The first kappa shape index (κ1) is 17.9. The van der Waals surface area contributed by atoms with Crippen molar-refractivity contribution in [1.82, 2.24) is 4.90 Å². The topological polar surface area (TPSA) is 40.5 Å². The van der Waals surface area contributed by atoms with Crippen LogP contribution in [0.2, 0.25) is 0 Å². The molecule has 1 aliphatic rings. The smallest absolute Gasteiger partial charge is 0.416 e. The van der Waals surface area contributed by atoms with Crippen LogP contribution < -0.4 is 0 Å². The standard InChI is InChI=1S/C18H18F3NO2S/c19-18(20,21)14-5-2-1-4-13(14)16(15-6-3-11-25-15)22-9-7-12(8-10-22)17(23)24/h1-6,11-12,16H,7-10H2,(H,23,24). The Hall–Kier alpha value is -1.86. The van der Waals surface area contributed by atoms with Crippen LogP contribution in [0.4, 0.5) is 13.2 Å². The highest BCUT2D eigenvalue weighted by atomic mass is 32.1. The molecular formula is C18H18F3NO2S. The minimum absolute atomic E-state index is 0.228. The van der Waals surface area contributed by atoms with Crippen LogP contribution in [0, 0.1) is 5.92 Å². The van der Waals surface area contributed by atoms with Gasteiger partial charge < -0.3 is 5.11 Å². The van der Waals surface area contributed by atoms with E-state index in [1.54, 1.807) is 6.07 Å². The molecule has 2 aromatic rings. The monoisotopic (exact) mass is 369 g/mol. The molecule has 3 rings (SSSR count). The quantitative estimate of drug-likeness (QED) is 0.853. The number of aliphatic carboxylic acids is 1. The lowest BCUT2D eigenvalue weighted by molar-refractivity contribution is -0.143. The number of nitrogens with zero attached hydrogens (tertiary/aromatic N) is 1. The molecule has 1 unspecified atom stereocenters. The van der Waals surface area contributed by atoms with Crippen molar-refractivity contribution in [2.45, 2.75) is 25.1 Å². The van der Waals surface area contributed by atoms with Gasteiger partial charge in [-0.1, -0.05) is 24.3 Å². The zero-order valence-electron chi connectivity index (χ0n) is 13.4. The minimum atomic E-state index is -4.43. The van der Waals surface area contributed by atoms with E-state index in [1.165, 1.54) is 23.5 Å². The number of carboxylic acid groups (broad SMARTS) is 1. The fourth-order valence-electron chi connectivity index (χ4n) is 3.37. The third kappa shape index (κ3) is 3.88. The third-order valence-corrected chi connectivity index (χ3v) is 5.54. The summed E-state index contributed by atoms with van der Waals surface area (Å²) >= 11 is 1.42. The van der Waals surface area contributed by atoms with Crippen LogP contribution in [0.3, 0.4) is 0 Å². The van der Waals surface area contributed by atoms with E-state index >= 15 is 0 Å². The van der Waals surface area contributed by atoms with Gasteiger partial charge in [-0.15, -0.1) is 11.3 Å². The Morgan fingerprint density at radius 1 is 1.16 bits per heavy atom. The van der Waals surface area contributed by atoms with Crippen LogP contribution in [0.1, 0.15) is 34.9 Å². The fraction of sp³-hybridized carbons (Fsp3) is 0.389. The molecule has 0 saturated carbocycles. The Balaban J connectivity index is 1.97. The number of hydrogen-bond acceptors (Lipinski definition) is 3. The molecule has 1 saturated heterocycles. The molecular weight excluding hydrogens is 351 g/mol. The molecule has 1 atom stereocenters. The maximum Gasteiger partial charge on any atom is 0.416 e. The summed E-state index contributed by atoms with van der Waals surface area (Å²) in [4.78, 5) is 14.0. The van der Waals surface area contributed by atoms with Crippen molar-refractivity contribution in [1.29, 1.82) is 0 Å². The predicted molar refractivity (Wildman–Crippen MR) is 89.5 cm³/mol. The zero-order valence-corrected chi connectivity index (χ0v) is 14.2. The third-order valence-electron chi connectivity index (χ3n) is 4.62. The fourth-order valence-corrected chi connectivity index (χ4v) is 4.25. The molecule has 1 aromatic heterocycles. The number of halogens is 3. The van der Waals surface area contributed by atoms with E-state index in [0.717, 1.165) is 10.9 Å². The van der Waals surface area contributed by atoms with Gasteiger partial charge >= 0.3 is 12.1 Å².